The van der Waals surface area contributed by atoms with Crippen molar-refractivity contribution < 1.29 is 0 Å². The quantitative estimate of drug-likeness (QED) is 0.669. The molecule has 20 heavy (non-hydrogen) atoms. The topological polar surface area (TPSA) is 36.4 Å². The molecular weight excluding hydrogens is 266 g/mol. The third-order valence-electron chi connectivity index (χ3n) is 2.82. The first-order chi connectivity index (χ1) is 9.81. The number of hydrogen-bond donors (Lipinski definition) is 2. The molecular formula is C16H19N3S. The Balaban J connectivity index is 1.93. The Hall–Kier alpha value is -1.94. The van der Waals surface area contributed by atoms with Crippen molar-refractivity contribution in [1.29, 1.82) is 0 Å². The predicted octanol–water partition coefficient (Wildman–Crippen LogP) is 3.13. The monoisotopic (exact) mass is 285 g/mol. The SMILES string of the molecule is CN=C(NC)NCc1ccc(Sc2ccccc2)cc1. The maximum Gasteiger partial charge on any atom is 0.190 e. The van der Waals surface area contributed by atoms with Gasteiger partial charge in [0, 0.05) is 30.4 Å². The van der Waals surface area contributed by atoms with Gasteiger partial charge in [-0.3, -0.25) is 4.99 Å². The Labute approximate surface area is 124 Å². The van der Waals surface area contributed by atoms with Crippen LogP contribution in [0.25, 0.3) is 0 Å². The summed E-state index contributed by atoms with van der Waals surface area (Å²) in [5.74, 6) is 0.799. The summed E-state index contributed by atoms with van der Waals surface area (Å²) >= 11 is 1.77. The standard InChI is InChI=1S/C16H19N3S/c1-17-16(18-2)19-12-13-8-10-15(11-9-13)20-14-6-4-3-5-7-14/h3-11H,12H2,1-2H3,(H2,17,18,19). The summed E-state index contributed by atoms with van der Waals surface area (Å²) in [5, 5.41) is 6.24. The molecule has 0 unspecified atom stereocenters. The molecule has 3 nitrogen and oxygen atoms in total. The van der Waals surface area contributed by atoms with Crippen molar-refractivity contribution in [3.8, 4) is 0 Å². The van der Waals surface area contributed by atoms with Crippen molar-refractivity contribution in [1.82, 2.24) is 10.6 Å². The van der Waals surface area contributed by atoms with Gasteiger partial charge in [0.15, 0.2) is 5.96 Å². The molecule has 0 aliphatic heterocycles. The van der Waals surface area contributed by atoms with Crippen LogP contribution in [-0.4, -0.2) is 20.1 Å². The molecule has 0 aliphatic carbocycles. The minimum Gasteiger partial charge on any atom is -0.359 e. The van der Waals surface area contributed by atoms with Gasteiger partial charge in [-0.2, -0.15) is 0 Å². The van der Waals surface area contributed by atoms with E-state index in [1.807, 2.05) is 13.1 Å². The van der Waals surface area contributed by atoms with E-state index in [9.17, 15) is 0 Å². The maximum absolute atomic E-state index is 4.09. The van der Waals surface area contributed by atoms with Crippen molar-refractivity contribution >= 4 is 17.7 Å². The summed E-state index contributed by atoms with van der Waals surface area (Å²) < 4.78 is 0. The fraction of sp³-hybridized carbons (Fsp3) is 0.188. The van der Waals surface area contributed by atoms with Gasteiger partial charge in [-0.1, -0.05) is 42.1 Å². The van der Waals surface area contributed by atoms with Crippen LogP contribution in [0.15, 0.2) is 69.4 Å². The molecule has 2 aromatic carbocycles. The highest BCUT2D eigenvalue weighted by Gasteiger charge is 1.99. The minimum atomic E-state index is 0.768. The van der Waals surface area contributed by atoms with Gasteiger partial charge in [-0.05, 0) is 29.8 Å². The molecule has 4 heteroatoms. The predicted molar refractivity (Wildman–Crippen MR) is 86.3 cm³/mol. The second kappa shape index (κ2) is 7.60. The zero-order valence-corrected chi connectivity index (χ0v) is 12.6. The Kier molecular flexibility index (Phi) is 5.50. The average Bonchev–Trinajstić information content (AvgIpc) is 2.51. The van der Waals surface area contributed by atoms with E-state index >= 15 is 0 Å². The molecule has 0 bridgehead atoms. The van der Waals surface area contributed by atoms with Crippen molar-refractivity contribution in [3.05, 3.63) is 60.2 Å². The molecule has 0 aliphatic rings. The molecule has 0 aromatic heterocycles. The van der Waals surface area contributed by atoms with E-state index in [4.69, 9.17) is 0 Å². The molecule has 0 saturated carbocycles. The number of aliphatic imine (C=N–C) groups is 1. The summed E-state index contributed by atoms with van der Waals surface area (Å²) in [5.41, 5.74) is 1.24. The molecule has 0 atom stereocenters. The summed E-state index contributed by atoms with van der Waals surface area (Å²) in [6, 6.07) is 19.0. The fourth-order valence-corrected chi connectivity index (χ4v) is 2.60. The largest absolute Gasteiger partial charge is 0.359 e. The number of rotatable bonds is 4. The van der Waals surface area contributed by atoms with Crippen LogP contribution in [0.3, 0.4) is 0 Å². The first-order valence-corrected chi connectivity index (χ1v) is 7.33. The number of benzene rings is 2. The molecule has 0 heterocycles. The Morgan fingerprint density at radius 2 is 1.65 bits per heavy atom. The van der Waals surface area contributed by atoms with Gasteiger partial charge in [-0.25, -0.2) is 0 Å². The number of nitrogens with one attached hydrogen (secondary N) is 2. The number of nitrogens with zero attached hydrogens (tertiary/aromatic N) is 1. The van der Waals surface area contributed by atoms with Crippen LogP contribution in [-0.2, 0) is 6.54 Å². The van der Waals surface area contributed by atoms with E-state index in [2.05, 4.69) is 64.2 Å². The van der Waals surface area contributed by atoms with Crippen molar-refractivity contribution in [2.75, 3.05) is 14.1 Å². The number of guanidine groups is 1. The maximum atomic E-state index is 4.09. The van der Waals surface area contributed by atoms with E-state index in [1.54, 1.807) is 18.8 Å². The smallest absolute Gasteiger partial charge is 0.190 e. The molecule has 0 radical (unpaired) electrons. The van der Waals surface area contributed by atoms with E-state index in [1.165, 1.54) is 15.4 Å². The molecule has 0 spiro atoms. The van der Waals surface area contributed by atoms with Crippen LogP contribution in [0.2, 0.25) is 0 Å². The molecule has 0 fully saturated rings. The van der Waals surface area contributed by atoms with Gasteiger partial charge in [0.1, 0.15) is 0 Å². The van der Waals surface area contributed by atoms with Crippen LogP contribution >= 0.6 is 11.8 Å². The van der Waals surface area contributed by atoms with Crippen LogP contribution in [0.5, 0.6) is 0 Å². The normalized spacial score (nSPS) is 11.2. The second-order valence-corrected chi connectivity index (χ2v) is 5.38. The number of hydrogen-bond acceptors (Lipinski definition) is 2. The van der Waals surface area contributed by atoms with Crippen molar-refractivity contribution in [3.63, 3.8) is 0 Å². The minimum absolute atomic E-state index is 0.768. The molecule has 2 aromatic rings. The van der Waals surface area contributed by atoms with Crippen molar-refractivity contribution in [2.24, 2.45) is 4.99 Å². The molecule has 0 amide bonds. The summed E-state index contributed by atoms with van der Waals surface area (Å²) in [6.45, 7) is 0.768. The van der Waals surface area contributed by atoms with Crippen molar-refractivity contribution in [2.45, 2.75) is 16.3 Å². The van der Waals surface area contributed by atoms with Gasteiger partial charge in [0.05, 0.1) is 0 Å². The Bertz CT molecular complexity index is 550. The van der Waals surface area contributed by atoms with E-state index in [0.717, 1.165) is 12.5 Å². The third kappa shape index (κ3) is 4.31. The zero-order chi connectivity index (χ0) is 14.2. The van der Waals surface area contributed by atoms with E-state index in [0.29, 0.717) is 0 Å². The van der Waals surface area contributed by atoms with E-state index in [-0.39, 0.29) is 0 Å². The van der Waals surface area contributed by atoms with Crippen LogP contribution in [0.1, 0.15) is 5.56 Å². The lowest BCUT2D eigenvalue weighted by Crippen LogP contribution is -2.34. The second-order valence-electron chi connectivity index (χ2n) is 4.23. The van der Waals surface area contributed by atoms with Crippen LogP contribution < -0.4 is 10.6 Å². The highest BCUT2D eigenvalue weighted by molar-refractivity contribution is 7.99. The molecule has 0 saturated heterocycles. The first-order valence-electron chi connectivity index (χ1n) is 6.52. The molecule has 2 rings (SSSR count). The molecule has 2 N–H and O–H groups in total. The van der Waals surface area contributed by atoms with E-state index < -0.39 is 0 Å². The summed E-state index contributed by atoms with van der Waals surface area (Å²) in [4.78, 5) is 6.59. The highest BCUT2D eigenvalue weighted by Crippen LogP contribution is 2.27. The first kappa shape index (κ1) is 14.5. The zero-order valence-electron chi connectivity index (χ0n) is 11.8. The summed E-state index contributed by atoms with van der Waals surface area (Å²) in [7, 11) is 3.62. The Morgan fingerprint density at radius 3 is 2.25 bits per heavy atom. The lowest BCUT2D eigenvalue weighted by atomic mass is 10.2. The average molecular weight is 285 g/mol. The third-order valence-corrected chi connectivity index (χ3v) is 3.84. The van der Waals surface area contributed by atoms with Gasteiger partial charge < -0.3 is 10.6 Å². The summed E-state index contributed by atoms with van der Waals surface area (Å²) in [6.07, 6.45) is 0. The van der Waals surface area contributed by atoms with Crippen LogP contribution in [0, 0.1) is 0 Å². The lowest BCUT2D eigenvalue weighted by Gasteiger charge is -2.09. The van der Waals surface area contributed by atoms with Gasteiger partial charge >= 0.3 is 0 Å². The van der Waals surface area contributed by atoms with Gasteiger partial charge in [0.2, 0.25) is 0 Å². The van der Waals surface area contributed by atoms with Gasteiger partial charge in [0.25, 0.3) is 0 Å². The van der Waals surface area contributed by atoms with Crippen LogP contribution in [0.4, 0.5) is 0 Å². The fourth-order valence-electron chi connectivity index (χ4n) is 1.76. The highest BCUT2D eigenvalue weighted by atomic mass is 32.2. The Morgan fingerprint density at radius 1 is 1.00 bits per heavy atom. The lowest BCUT2D eigenvalue weighted by molar-refractivity contribution is 0.865. The van der Waals surface area contributed by atoms with Gasteiger partial charge in [-0.15, -0.1) is 0 Å². The molecule has 104 valence electrons.